The van der Waals surface area contributed by atoms with Gasteiger partial charge in [-0.1, -0.05) is 83.1 Å². The third-order valence-corrected chi connectivity index (χ3v) is 11.7. The number of phenolic OH excluding ortho intramolecular Hbond substituents is 4. The van der Waals surface area contributed by atoms with Crippen LogP contribution in [0.25, 0.3) is 44.5 Å². The van der Waals surface area contributed by atoms with Crippen LogP contribution in [-0.2, 0) is 21.7 Å². The lowest BCUT2D eigenvalue weighted by atomic mass is 9.73. The Morgan fingerprint density at radius 1 is 0.286 bits per heavy atom. The Balaban J connectivity index is 2.19. The van der Waals surface area contributed by atoms with Crippen molar-refractivity contribution in [3.8, 4) is 67.5 Å². The minimum Gasteiger partial charge on any atom is -0.508 e. The molecule has 0 bridgehead atoms. The predicted molar refractivity (Wildman–Crippen MR) is 238 cm³/mol. The number of hydrogen-bond donors (Lipinski definition) is 4. The van der Waals surface area contributed by atoms with Crippen molar-refractivity contribution in [3.63, 3.8) is 0 Å². The average Bonchev–Trinajstić information content (AvgIpc) is 3.01. The van der Waals surface area contributed by atoms with Gasteiger partial charge in [-0.3, -0.25) is 0 Å². The number of benzene rings is 5. The fraction of sp³-hybridized carbons (Fsp3) is 0.423. The fourth-order valence-corrected chi connectivity index (χ4v) is 8.60. The molecule has 5 aromatic rings. The van der Waals surface area contributed by atoms with Crippen LogP contribution in [0.4, 0.5) is 0 Å². The highest BCUT2D eigenvalue weighted by Gasteiger charge is 2.32. The number of aryl methyl sites for hydroxylation is 4. The summed E-state index contributed by atoms with van der Waals surface area (Å²) in [5, 5.41) is 45.5. The molecule has 4 N–H and O–H groups in total. The van der Waals surface area contributed by atoms with Gasteiger partial charge >= 0.3 is 0 Å². The van der Waals surface area contributed by atoms with Crippen LogP contribution >= 0.6 is 0 Å². The van der Waals surface area contributed by atoms with E-state index in [0.717, 1.165) is 100 Å². The van der Waals surface area contributed by atoms with Gasteiger partial charge in [0.15, 0.2) is 0 Å². The topological polar surface area (TPSA) is 80.9 Å². The Kier molecular flexibility index (Phi) is 10.6. The third kappa shape index (κ3) is 7.57. The summed E-state index contributed by atoms with van der Waals surface area (Å²) in [5.41, 5.74) is 16.5. The minimum absolute atomic E-state index is 0.279. The first-order valence-electron chi connectivity index (χ1n) is 20.0. The van der Waals surface area contributed by atoms with Gasteiger partial charge in [0.1, 0.15) is 23.0 Å². The zero-order chi connectivity index (χ0) is 42.4. The number of aromatic hydroxyl groups is 4. The molecule has 0 atom stereocenters. The summed E-state index contributed by atoms with van der Waals surface area (Å²) in [7, 11) is 0. The van der Waals surface area contributed by atoms with Gasteiger partial charge in [-0.05, 0) is 212 Å². The maximum atomic E-state index is 11.4. The molecule has 0 spiro atoms. The van der Waals surface area contributed by atoms with Crippen LogP contribution in [0.5, 0.6) is 23.0 Å². The Bertz CT molecular complexity index is 2050. The summed E-state index contributed by atoms with van der Waals surface area (Å²) >= 11 is 0. The van der Waals surface area contributed by atoms with E-state index in [1.54, 1.807) is 0 Å². The normalized spacial score (nSPS) is 12.8. The first-order valence-corrected chi connectivity index (χ1v) is 20.0. The maximum Gasteiger partial charge on any atom is 0.119 e. The second-order valence-electron chi connectivity index (χ2n) is 20.5. The van der Waals surface area contributed by atoms with Crippen molar-refractivity contribution in [2.24, 2.45) is 0 Å². The molecule has 0 aliphatic carbocycles. The van der Waals surface area contributed by atoms with Crippen LogP contribution in [0.1, 0.15) is 139 Å². The van der Waals surface area contributed by atoms with E-state index in [1.165, 1.54) is 0 Å². The molecule has 4 heteroatoms. The molecule has 0 heterocycles. The Hall–Kier alpha value is -4.70. The van der Waals surface area contributed by atoms with E-state index in [9.17, 15) is 20.4 Å². The quantitative estimate of drug-likeness (QED) is 0.147. The Morgan fingerprint density at radius 3 is 0.589 bits per heavy atom. The highest BCUT2D eigenvalue weighted by atomic mass is 16.3. The molecule has 0 radical (unpaired) electrons. The molecule has 5 aromatic carbocycles. The summed E-state index contributed by atoms with van der Waals surface area (Å²) in [4.78, 5) is 0. The van der Waals surface area contributed by atoms with Gasteiger partial charge in [-0.25, -0.2) is 0 Å². The molecule has 0 aliphatic rings. The minimum atomic E-state index is -0.325. The van der Waals surface area contributed by atoms with Crippen LogP contribution in [0, 0.1) is 41.5 Å². The van der Waals surface area contributed by atoms with E-state index in [0.29, 0.717) is 0 Å². The van der Waals surface area contributed by atoms with Crippen LogP contribution < -0.4 is 0 Å². The monoisotopic (exact) mass is 754 g/mol. The van der Waals surface area contributed by atoms with E-state index in [-0.39, 0.29) is 44.7 Å². The second-order valence-corrected chi connectivity index (χ2v) is 20.5. The summed E-state index contributed by atoms with van der Waals surface area (Å²) in [6.45, 7) is 38.2. The number of phenols is 4. The fourth-order valence-electron chi connectivity index (χ4n) is 8.60. The zero-order valence-corrected chi connectivity index (χ0v) is 37.4. The van der Waals surface area contributed by atoms with Crippen molar-refractivity contribution in [1.82, 2.24) is 0 Å². The molecule has 0 saturated heterocycles. The van der Waals surface area contributed by atoms with Crippen LogP contribution in [-0.4, -0.2) is 20.4 Å². The third-order valence-electron chi connectivity index (χ3n) is 11.7. The molecule has 0 fully saturated rings. The van der Waals surface area contributed by atoms with E-state index in [4.69, 9.17) is 0 Å². The number of rotatable bonds is 4. The molecule has 0 amide bonds. The van der Waals surface area contributed by atoms with Crippen molar-refractivity contribution in [2.45, 2.75) is 146 Å². The maximum absolute atomic E-state index is 11.4. The molecule has 0 unspecified atom stereocenters. The SMILES string of the molecule is Cc1cc(O)c(C(C)(C)C)cc1-c1c(C)c(-c2cc(C(C)(C)C)c(O)cc2C)c(-c2cc(C(C)(C)C)c(O)cc2C)c(C)c1-c1cc(C(C)(C)C)c(O)cc1C. The van der Waals surface area contributed by atoms with Gasteiger partial charge in [0.25, 0.3) is 0 Å². The van der Waals surface area contributed by atoms with Gasteiger partial charge in [-0.2, -0.15) is 0 Å². The van der Waals surface area contributed by atoms with E-state index in [1.807, 2.05) is 24.3 Å². The van der Waals surface area contributed by atoms with Crippen molar-refractivity contribution in [2.75, 3.05) is 0 Å². The molecular formula is C52H66O4. The average molecular weight is 755 g/mol. The standard InChI is InChI=1S/C52H66O4/c1-27-19-41(53)37(49(7,8)9)23-33(27)45-31(5)47(35-25-39(51(13,14)15)43(55)21-29(35)3)48(36-26-40(52(16,17)18)44(56)22-30(36)4)32(6)46(45)34-24-38(50(10,11)12)42(54)20-28(34)2/h19-26,53-56H,1-18H3. The largest absolute Gasteiger partial charge is 0.508 e. The van der Waals surface area contributed by atoms with Crippen molar-refractivity contribution < 1.29 is 20.4 Å². The summed E-state index contributed by atoms with van der Waals surface area (Å²) < 4.78 is 0. The summed E-state index contributed by atoms with van der Waals surface area (Å²) in [6.07, 6.45) is 0. The first kappa shape index (κ1) is 42.4. The van der Waals surface area contributed by atoms with Crippen LogP contribution in [0.2, 0.25) is 0 Å². The Labute approximate surface area is 337 Å². The van der Waals surface area contributed by atoms with Crippen LogP contribution in [0.15, 0.2) is 48.5 Å². The Morgan fingerprint density at radius 2 is 0.446 bits per heavy atom. The van der Waals surface area contributed by atoms with Crippen molar-refractivity contribution >= 4 is 0 Å². The van der Waals surface area contributed by atoms with Gasteiger partial charge in [0.2, 0.25) is 0 Å². The summed E-state index contributed by atoms with van der Waals surface area (Å²) in [6, 6.07) is 16.3. The molecule has 5 rings (SSSR count). The van der Waals surface area contributed by atoms with Crippen molar-refractivity contribution in [1.29, 1.82) is 0 Å². The lowest BCUT2D eigenvalue weighted by Gasteiger charge is -2.31. The molecular weight excluding hydrogens is 689 g/mol. The highest BCUT2D eigenvalue weighted by molar-refractivity contribution is 6.03. The molecule has 56 heavy (non-hydrogen) atoms. The number of hydrogen-bond acceptors (Lipinski definition) is 4. The van der Waals surface area contributed by atoms with Gasteiger partial charge in [0, 0.05) is 0 Å². The zero-order valence-electron chi connectivity index (χ0n) is 37.4. The lowest BCUT2D eigenvalue weighted by Crippen LogP contribution is -2.14. The molecule has 0 aliphatic heterocycles. The lowest BCUT2D eigenvalue weighted by molar-refractivity contribution is 0.445. The van der Waals surface area contributed by atoms with E-state index >= 15 is 0 Å². The molecule has 4 nitrogen and oxygen atoms in total. The summed E-state index contributed by atoms with van der Waals surface area (Å²) in [5.74, 6) is 1.11. The van der Waals surface area contributed by atoms with E-state index < -0.39 is 0 Å². The molecule has 298 valence electrons. The second kappa shape index (κ2) is 14.0. The smallest absolute Gasteiger partial charge is 0.119 e. The van der Waals surface area contributed by atoms with Crippen molar-refractivity contribution in [3.05, 3.63) is 104 Å². The predicted octanol–water partition coefficient (Wildman–Crippen LogP) is 14.2. The molecule has 0 saturated carbocycles. The van der Waals surface area contributed by atoms with Gasteiger partial charge in [0.05, 0.1) is 0 Å². The molecule has 0 aromatic heterocycles. The van der Waals surface area contributed by atoms with Gasteiger partial charge < -0.3 is 20.4 Å². The highest BCUT2D eigenvalue weighted by Crippen LogP contribution is 2.54. The van der Waals surface area contributed by atoms with E-state index in [2.05, 4.69) is 149 Å². The first-order chi connectivity index (χ1) is 25.5. The van der Waals surface area contributed by atoms with Crippen LogP contribution in [0.3, 0.4) is 0 Å². The van der Waals surface area contributed by atoms with Gasteiger partial charge in [-0.15, -0.1) is 0 Å².